The van der Waals surface area contributed by atoms with Gasteiger partial charge in [0, 0.05) is 25.6 Å². The second kappa shape index (κ2) is 3.50. The molecule has 15 heavy (non-hydrogen) atoms. The Morgan fingerprint density at radius 2 is 2.20 bits per heavy atom. The largest absolute Gasteiger partial charge is 0.337 e. The number of carbonyl (C=O) groups excluding carboxylic acids is 2. The molecule has 3 nitrogen and oxygen atoms in total. The fourth-order valence-electron chi connectivity index (χ4n) is 1.89. The normalized spacial score (nSPS) is 14.3. The van der Waals surface area contributed by atoms with Crippen LogP contribution < -0.4 is 0 Å². The molecule has 0 saturated carbocycles. The van der Waals surface area contributed by atoms with Gasteiger partial charge in [-0.15, -0.1) is 0 Å². The first-order valence-corrected chi connectivity index (χ1v) is 4.94. The molecule has 1 heterocycles. The summed E-state index contributed by atoms with van der Waals surface area (Å²) >= 11 is 0. The Kier molecular flexibility index (Phi) is 2.31. The minimum Gasteiger partial charge on any atom is -0.337 e. The van der Waals surface area contributed by atoms with Gasteiger partial charge in [0.05, 0.1) is 0 Å². The van der Waals surface area contributed by atoms with E-state index in [4.69, 9.17) is 0 Å². The fourth-order valence-corrected chi connectivity index (χ4v) is 1.89. The molecule has 0 atom stereocenters. The predicted octanol–water partition coefficient (Wildman–Crippen LogP) is 1.40. The van der Waals surface area contributed by atoms with Crippen LogP contribution in [0.25, 0.3) is 0 Å². The Labute approximate surface area is 88.7 Å². The standard InChI is InChI=1S/C12H13NO2/c1-8(14)5-9-3-4-10-7-13(2)12(15)11(10)6-9/h3-4,6H,5,7H2,1-2H3. The first kappa shape index (κ1) is 9.90. The summed E-state index contributed by atoms with van der Waals surface area (Å²) in [6.45, 7) is 2.23. The maximum atomic E-state index is 11.7. The summed E-state index contributed by atoms with van der Waals surface area (Å²) in [5.41, 5.74) is 2.72. The van der Waals surface area contributed by atoms with Gasteiger partial charge in [0.1, 0.15) is 5.78 Å². The topological polar surface area (TPSA) is 37.4 Å². The fraction of sp³-hybridized carbons (Fsp3) is 0.333. The van der Waals surface area contributed by atoms with Gasteiger partial charge in [-0.1, -0.05) is 12.1 Å². The number of ketones is 1. The lowest BCUT2D eigenvalue weighted by Crippen LogP contribution is -2.17. The smallest absolute Gasteiger partial charge is 0.254 e. The van der Waals surface area contributed by atoms with Gasteiger partial charge >= 0.3 is 0 Å². The summed E-state index contributed by atoms with van der Waals surface area (Å²) < 4.78 is 0. The number of benzene rings is 1. The molecule has 1 aromatic rings. The maximum absolute atomic E-state index is 11.7. The van der Waals surface area contributed by atoms with Crippen molar-refractivity contribution in [2.75, 3.05) is 7.05 Å². The van der Waals surface area contributed by atoms with Crippen LogP contribution in [0, 0.1) is 0 Å². The van der Waals surface area contributed by atoms with Gasteiger partial charge in [0.15, 0.2) is 0 Å². The number of rotatable bonds is 2. The Morgan fingerprint density at radius 3 is 2.87 bits per heavy atom. The summed E-state index contributed by atoms with van der Waals surface area (Å²) in [6, 6.07) is 5.70. The molecule has 2 rings (SSSR count). The highest BCUT2D eigenvalue weighted by molar-refractivity contribution is 5.98. The van der Waals surface area contributed by atoms with Gasteiger partial charge < -0.3 is 4.90 Å². The predicted molar refractivity (Wildman–Crippen MR) is 56.6 cm³/mol. The van der Waals surface area contributed by atoms with E-state index in [9.17, 15) is 9.59 Å². The minimum absolute atomic E-state index is 0.0513. The van der Waals surface area contributed by atoms with Crippen LogP contribution in [0.3, 0.4) is 0 Å². The summed E-state index contributed by atoms with van der Waals surface area (Å²) in [5.74, 6) is 0.171. The van der Waals surface area contributed by atoms with Gasteiger partial charge in [-0.3, -0.25) is 9.59 Å². The van der Waals surface area contributed by atoms with Crippen molar-refractivity contribution >= 4 is 11.7 Å². The molecule has 3 heteroatoms. The molecule has 1 aromatic carbocycles. The van der Waals surface area contributed by atoms with E-state index in [-0.39, 0.29) is 11.7 Å². The molecule has 0 aromatic heterocycles. The van der Waals surface area contributed by atoms with Gasteiger partial charge in [-0.05, 0) is 24.1 Å². The highest BCUT2D eigenvalue weighted by Gasteiger charge is 2.24. The summed E-state index contributed by atoms with van der Waals surface area (Å²) in [6.07, 6.45) is 0.407. The van der Waals surface area contributed by atoms with Crippen LogP contribution in [0.5, 0.6) is 0 Å². The van der Waals surface area contributed by atoms with E-state index in [0.29, 0.717) is 13.0 Å². The van der Waals surface area contributed by atoms with Crippen molar-refractivity contribution in [1.82, 2.24) is 4.90 Å². The van der Waals surface area contributed by atoms with Crippen molar-refractivity contribution < 1.29 is 9.59 Å². The van der Waals surface area contributed by atoms with Crippen LogP contribution in [0.4, 0.5) is 0 Å². The molecule has 78 valence electrons. The molecule has 1 aliphatic heterocycles. The molecule has 0 spiro atoms. The van der Waals surface area contributed by atoms with E-state index in [0.717, 1.165) is 16.7 Å². The zero-order valence-corrected chi connectivity index (χ0v) is 8.91. The van der Waals surface area contributed by atoms with Crippen molar-refractivity contribution in [3.63, 3.8) is 0 Å². The van der Waals surface area contributed by atoms with Crippen molar-refractivity contribution in [1.29, 1.82) is 0 Å². The summed E-state index contributed by atoms with van der Waals surface area (Å²) in [5, 5.41) is 0. The molecular formula is C12H13NO2. The highest BCUT2D eigenvalue weighted by atomic mass is 16.2. The summed E-state index contributed by atoms with van der Waals surface area (Å²) in [4.78, 5) is 24.3. The number of fused-ring (bicyclic) bond motifs is 1. The lowest BCUT2D eigenvalue weighted by Gasteiger charge is -2.04. The Hall–Kier alpha value is -1.64. The third-order valence-electron chi connectivity index (χ3n) is 2.61. The monoisotopic (exact) mass is 203 g/mol. The SMILES string of the molecule is CC(=O)Cc1ccc2c(c1)C(=O)N(C)C2. The van der Waals surface area contributed by atoms with Crippen LogP contribution in [0.2, 0.25) is 0 Å². The van der Waals surface area contributed by atoms with Gasteiger partial charge in [-0.2, -0.15) is 0 Å². The van der Waals surface area contributed by atoms with Crippen molar-refractivity contribution in [3.05, 3.63) is 34.9 Å². The number of nitrogens with zero attached hydrogens (tertiary/aromatic N) is 1. The minimum atomic E-state index is 0.0513. The van der Waals surface area contributed by atoms with E-state index >= 15 is 0 Å². The molecule has 1 aliphatic rings. The van der Waals surface area contributed by atoms with E-state index in [1.165, 1.54) is 0 Å². The van der Waals surface area contributed by atoms with E-state index in [2.05, 4.69) is 0 Å². The lowest BCUT2D eigenvalue weighted by molar-refractivity contribution is -0.116. The maximum Gasteiger partial charge on any atom is 0.254 e. The molecule has 0 fully saturated rings. The van der Waals surface area contributed by atoms with E-state index in [1.807, 2.05) is 18.2 Å². The quantitative estimate of drug-likeness (QED) is 0.728. The van der Waals surface area contributed by atoms with Crippen LogP contribution in [-0.4, -0.2) is 23.6 Å². The molecule has 0 radical (unpaired) electrons. The van der Waals surface area contributed by atoms with Crippen LogP contribution in [0.15, 0.2) is 18.2 Å². The third-order valence-corrected chi connectivity index (χ3v) is 2.61. The molecule has 0 aliphatic carbocycles. The van der Waals surface area contributed by atoms with Crippen molar-refractivity contribution in [3.8, 4) is 0 Å². The number of Topliss-reactive ketones (excluding diaryl/α,β-unsaturated/α-hetero) is 1. The average molecular weight is 203 g/mol. The second-order valence-corrected chi connectivity index (χ2v) is 4.03. The zero-order chi connectivity index (χ0) is 11.0. The number of carbonyl (C=O) groups is 2. The summed E-state index contributed by atoms with van der Waals surface area (Å²) in [7, 11) is 1.78. The molecule has 0 bridgehead atoms. The molecule has 0 saturated heterocycles. The molecule has 0 N–H and O–H groups in total. The van der Waals surface area contributed by atoms with E-state index < -0.39 is 0 Å². The second-order valence-electron chi connectivity index (χ2n) is 4.03. The highest BCUT2D eigenvalue weighted by Crippen LogP contribution is 2.22. The third kappa shape index (κ3) is 1.77. The van der Waals surface area contributed by atoms with Gasteiger partial charge in [-0.25, -0.2) is 0 Å². The number of hydrogen-bond donors (Lipinski definition) is 0. The number of hydrogen-bond acceptors (Lipinski definition) is 2. The lowest BCUT2D eigenvalue weighted by atomic mass is 10.0. The Balaban J connectivity index is 2.35. The van der Waals surface area contributed by atoms with Crippen LogP contribution in [-0.2, 0) is 17.8 Å². The molecular weight excluding hydrogens is 190 g/mol. The Morgan fingerprint density at radius 1 is 1.47 bits per heavy atom. The number of amides is 1. The van der Waals surface area contributed by atoms with Gasteiger partial charge in [0.2, 0.25) is 0 Å². The van der Waals surface area contributed by atoms with Crippen molar-refractivity contribution in [2.45, 2.75) is 19.9 Å². The van der Waals surface area contributed by atoms with Crippen LogP contribution in [0.1, 0.15) is 28.4 Å². The first-order chi connectivity index (χ1) is 7.08. The van der Waals surface area contributed by atoms with Gasteiger partial charge in [0.25, 0.3) is 5.91 Å². The first-order valence-electron chi connectivity index (χ1n) is 4.94. The molecule has 1 amide bonds. The van der Waals surface area contributed by atoms with E-state index in [1.54, 1.807) is 18.9 Å². The average Bonchev–Trinajstić information content (AvgIpc) is 2.43. The zero-order valence-electron chi connectivity index (χ0n) is 8.91. The molecule has 0 unspecified atom stereocenters. The van der Waals surface area contributed by atoms with Crippen molar-refractivity contribution in [2.24, 2.45) is 0 Å². The van der Waals surface area contributed by atoms with Crippen LogP contribution >= 0.6 is 0 Å². The Bertz CT molecular complexity index is 437.